The van der Waals surface area contributed by atoms with Gasteiger partial charge in [-0.05, 0) is 31.0 Å². The van der Waals surface area contributed by atoms with Gasteiger partial charge in [0.25, 0.3) is 0 Å². The Morgan fingerprint density at radius 2 is 1.74 bits per heavy atom. The van der Waals surface area contributed by atoms with Crippen molar-refractivity contribution in [2.75, 3.05) is 11.9 Å². The molecule has 6 heteroatoms. The van der Waals surface area contributed by atoms with Gasteiger partial charge in [0.15, 0.2) is 0 Å². The van der Waals surface area contributed by atoms with Crippen LogP contribution in [0.5, 0.6) is 0 Å². The van der Waals surface area contributed by atoms with Crippen LogP contribution in [0.25, 0.3) is 0 Å². The smallest absolute Gasteiger partial charge is 0.319 e. The summed E-state index contributed by atoms with van der Waals surface area (Å²) in [5.74, 6) is 0. The number of hydrogen-bond donors (Lipinski definition) is 3. The minimum absolute atomic E-state index is 0.107. The van der Waals surface area contributed by atoms with Crippen molar-refractivity contribution in [1.29, 1.82) is 0 Å². The van der Waals surface area contributed by atoms with Gasteiger partial charge in [0.1, 0.15) is 0 Å². The summed E-state index contributed by atoms with van der Waals surface area (Å²) in [6.45, 7) is 3.72. The molecule has 0 saturated carbocycles. The maximum Gasteiger partial charge on any atom is 0.319 e. The van der Waals surface area contributed by atoms with E-state index in [1.165, 1.54) is 0 Å². The second-order valence-corrected chi connectivity index (χ2v) is 5.26. The maximum atomic E-state index is 11.9. The first-order valence-electron chi connectivity index (χ1n) is 6.11. The normalized spacial score (nSPS) is 11.2. The number of carbonyl (C=O) groups is 1. The van der Waals surface area contributed by atoms with Gasteiger partial charge in [0.2, 0.25) is 0 Å². The van der Waals surface area contributed by atoms with Crippen molar-refractivity contribution in [3.8, 4) is 0 Å². The summed E-state index contributed by atoms with van der Waals surface area (Å²) in [7, 11) is 0. The van der Waals surface area contributed by atoms with E-state index in [4.69, 9.17) is 23.2 Å². The standard InChI is InChI=1S/C13H18Cl2N2O2/c1-3-13(4-2,8-18)17-12(19)16-11-6-9(14)5-10(15)7-11/h5-7,18H,3-4,8H2,1-2H3,(H2,16,17,19). The van der Waals surface area contributed by atoms with Gasteiger partial charge in [-0.2, -0.15) is 0 Å². The number of halogens is 2. The SMILES string of the molecule is CCC(CC)(CO)NC(=O)Nc1cc(Cl)cc(Cl)c1. The van der Waals surface area contributed by atoms with Crippen LogP contribution in [-0.4, -0.2) is 23.3 Å². The van der Waals surface area contributed by atoms with Gasteiger partial charge in [-0.1, -0.05) is 37.0 Å². The van der Waals surface area contributed by atoms with Gasteiger partial charge in [-0.3, -0.25) is 0 Å². The van der Waals surface area contributed by atoms with Crippen LogP contribution in [0.2, 0.25) is 10.0 Å². The van der Waals surface area contributed by atoms with E-state index in [-0.39, 0.29) is 6.61 Å². The molecular weight excluding hydrogens is 287 g/mol. The number of anilines is 1. The number of urea groups is 1. The Hall–Kier alpha value is -0.970. The van der Waals surface area contributed by atoms with Gasteiger partial charge in [-0.15, -0.1) is 0 Å². The van der Waals surface area contributed by atoms with Crippen LogP contribution < -0.4 is 10.6 Å². The van der Waals surface area contributed by atoms with Crippen LogP contribution in [-0.2, 0) is 0 Å². The Morgan fingerprint density at radius 3 is 2.16 bits per heavy atom. The zero-order chi connectivity index (χ0) is 14.5. The van der Waals surface area contributed by atoms with E-state index in [2.05, 4.69) is 10.6 Å². The van der Waals surface area contributed by atoms with Crippen molar-refractivity contribution < 1.29 is 9.90 Å². The lowest BCUT2D eigenvalue weighted by Gasteiger charge is -2.30. The molecule has 4 nitrogen and oxygen atoms in total. The highest BCUT2D eigenvalue weighted by Crippen LogP contribution is 2.22. The van der Waals surface area contributed by atoms with Crippen LogP contribution >= 0.6 is 23.2 Å². The van der Waals surface area contributed by atoms with Crippen molar-refractivity contribution in [1.82, 2.24) is 5.32 Å². The monoisotopic (exact) mass is 304 g/mol. The van der Waals surface area contributed by atoms with Crippen molar-refractivity contribution in [2.45, 2.75) is 32.2 Å². The summed E-state index contributed by atoms with van der Waals surface area (Å²) >= 11 is 11.7. The summed E-state index contributed by atoms with van der Waals surface area (Å²) < 4.78 is 0. The van der Waals surface area contributed by atoms with Gasteiger partial charge >= 0.3 is 6.03 Å². The Bertz CT molecular complexity index is 420. The quantitative estimate of drug-likeness (QED) is 0.777. The van der Waals surface area contributed by atoms with Gasteiger partial charge in [0, 0.05) is 15.7 Å². The molecule has 0 atom stereocenters. The Balaban J connectivity index is 2.74. The number of rotatable bonds is 5. The lowest BCUT2D eigenvalue weighted by molar-refractivity contribution is 0.155. The van der Waals surface area contributed by atoms with Gasteiger partial charge in [-0.25, -0.2) is 4.79 Å². The number of amides is 2. The van der Waals surface area contributed by atoms with E-state index < -0.39 is 11.6 Å². The number of aliphatic hydroxyl groups excluding tert-OH is 1. The molecule has 0 aliphatic heterocycles. The predicted molar refractivity (Wildman–Crippen MR) is 79.0 cm³/mol. The Labute approximate surface area is 123 Å². The Morgan fingerprint density at radius 1 is 1.21 bits per heavy atom. The first-order valence-corrected chi connectivity index (χ1v) is 6.86. The van der Waals surface area contributed by atoms with E-state index in [1.54, 1.807) is 18.2 Å². The predicted octanol–water partition coefficient (Wildman–Crippen LogP) is 3.67. The average molecular weight is 305 g/mol. The maximum absolute atomic E-state index is 11.9. The molecule has 19 heavy (non-hydrogen) atoms. The first kappa shape index (κ1) is 16.1. The van der Waals surface area contributed by atoms with Gasteiger partial charge < -0.3 is 15.7 Å². The molecule has 0 radical (unpaired) electrons. The van der Waals surface area contributed by atoms with E-state index in [9.17, 15) is 9.90 Å². The highest BCUT2D eigenvalue weighted by Gasteiger charge is 2.27. The third-order valence-electron chi connectivity index (χ3n) is 3.16. The largest absolute Gasteiger partial charge is 0.394 e. The highest BCUT2D eigenvalue weighted by molar-refractivity contribution is 6.35. The lowest BCUT2D eigenvalue weighted by atomic mass is 9.94. The minimum Gasteiger partial charge on any atom is -0.394 e. The molecule has 1 aromatic carbocycles. The molecule has 0 bridgehead atoms. The topological polar surface area (TPSA) is 61.4 Å². The molecule has 2 amide bonds. The molecule has 1 aromatic rings. The molecule has 0 unspecified atom stereocenters. The molecule has 106 valence electrons. The molecule has 0 fully saturated rings. The second-order valence-electron chi connectivity index (χ2n) is 4.38. The Kier molecular flexibility index (Phi) is 5.91. The van der Waals surface area contributed by atoms with Crippen molar-refractivity contribution in [3.05, 3.63) is 28.2 Å². The molecule has 0 aromatic heterocycles. The molecule has 0 aliphatic carbocycles. The van der Waals surface area contributed by atoms with Crippen molar-refractivity contribution in [2.24, 2.45) is 0 Å². The van der Waals surface area contributed by atoms with Crippen LogP contribution in [0, 0.1) is 0 Å². The molecule has 0 saturated heterocycles. The fourth-order valence-electron chi connectivity index (χ4n) is 1.72. The zero-order valence-electron chi connectivity index (χ0n) is 11.0. The van der Waals surface area contributed by atoms with E-state index >= 15 is 0 Å². The van der Waals surface area contributed by atoms with Crippen LogP contribution in [0.4, 0.5) is 10.5 Å². The number of hydrogen-bond acceptors (Lipinski definition) is 2. The molecule has 1 rings (SSSR count). The highest BCUT2D eigenvalue weighted by atomic mass is 35.5. The summed E-state index contributed by atoms with van der Waals surface area (Å²) in [6, 6.07) is 4.40. The van der Waals surface area contributed by atoms with E-state index in [0.717, 1.165) is 0 Å². The summed E-state index contributed by atoms with van der Waals surface area (Å²) in [5, 5.41) is 15.7. The second kappa shape index (κ2) is 6.98. The molecule has 3 N–H and O–H groups in total. The number of nitrogens with one attached hydrogen (secondary N) is 2. The fourth-order valence-corrected chi connectivity index (χ4v) is 2.25. The minimum atomic E-state index is -0.605. The molecule has 0 spiro atoms. The molecular formula is C13H18Cl2N2O2. The third kappa shape index (κ3) is 4.56. The van der Waals surface area contributed by atoms with Crippen LogP contribution in [0.1, 0.15) is 26.7 Å². The lowest BCUT2D eigenvalue weighted by Crippen LogP contribution is -2.52. The third-order valence-corrected chi connectivity index (χ3v) is 3.59. The zero-order valence-corrected chi connectivity index (χ0v) is 12.5. The summed E-state index contributed by atoms with van der Waals surface area (Å²) in [5.41, 5.74) is -0.0963. The van der Waals surface area contributed by atoms with Crippen LogP contribution in [0.15, 0.2) is 18.2 Å². The fraction of sp³-hybridized carbons (Fsp3) is 0.462. The summed E-state index contributed by atoms with van der Waals surface area (Å²) in [6.07, 6.45) is 1.29. The molecule has 0 aliphatic rings. The van der Waals surface area contributed by atoms with Crippen LogP contribution in [0.3, 0.4) is 0 Å². The number of aliphatic hydroxyl groups is 1. The first-order chi connectivity index (χ1) is 8.94. The summed E-state index contributed by atoms with van der Waals surface area (Å²) in [4.78, 5) is 11.9. The number of carbonyl (C=O) groups excluding carboxylic acids is 1. The van der Waals surface area contributed by atoms with Gasteiger partial charge in [0.05, 0.1) is 12.1 Å². The number of benzene rings is 1. The average Bonchev–Trinajstić information content (AvgIpc) is 2.35. The van der Waals surface area contributed by atoms with Crippen molar-refractivity contribution >= 4 is 34.9 Å². The molecule has 0 heterocycles. The van der Waals surface area contributed by atoms with E-state index in [0.29, 0.717) is 28.6 Å². The van der Waals surface area contributed by atoms with Crippen molar-refractivity contribution in [3.63, 3.8) is 0 Å². The van der Waals surface area contributed by atoms with E-state index in [1.807, 2.05) is 13.8 Å².